The van der Waals surface area contributed by atoms with Gasteiger partial charge in [0, 0.05) is 10.8 Å². The molecule has 0 bridgehead atoms. The van der Waals surface area contributed by atoms with Crippen LogP contribution in [0, 0.1) is 0 Å². The summed E-state index contributed by atoms with van der Waals surface area (Å²) in [5, 5.41) is 33.3. The first-order valence-electron chi connectivity index (χ1n) is 13.3. The van der Waals surface area contributed by atoms with E-state index < -0.39 is 23.9 Å². The lowest BCUT2D eigenvalue weighted by Gasteiger charge is -2.19. The van der Waals surface area contributed by atoms with E-state index in [0.29, 0.717) is 32.3 Å². The molecule has 0 saturated heterocycles. The van der Waals surface area contributed by atoms with Crippen molar-refractivity contribution in [2.24, 2.45) is 0 Å². The molecule has 8 heteroatoms. The summed E-state index contributed by atoms with van der Waals surface area (Å²) >= 11 is 0. The van der Waals surface area contributed by atoms with Crippen LogP contribution in [0.1, 0.15) is 86.9 Å². The molecule has 0 fully saturated rings. The van der Waals surface area contributed by atoms with E-state index in [1.807, 2.05) is 0 Å². The van der Waals surface area contributed by atoms with Crippen LogP contribution in [-0.4, -0.2) is 45.8 Å². The first-order valence-corrected chi connectivity index (χ1v) is 13.3. The molecule has 0 atom stereocenters. The minimum atomic E-state index is -1.26. The van der Waals surface area contributed by atoms with Gasteiger partial charge in [0.15, 0.2) is 0 Å². The predicted octanol–water partition coefficient (Wildman–Crippen LogP) is 7.35. The SMILES string of the molecule is CCCCCCCCOC(=O)c1ccc2c3ccc(C(=O)O)c4c(C(=O)O)ccc(c5ccc(C(=O)O)c1c52)c43. The number of rotatable bonds is 11. The molecule has 5 rings (SSSR count). The van der Waals surface area contributed by atoms with Gasteiger partial charge in [-0.3, -0.25) is 0 Å². The van der Waals surface area contributed by atoms with Crippen LogP contribution in [0.15, 0.2) is 48.5 Å². The molecule has 0 aromatic heterocycles. The molecular weight excluding hydrogens is 512 g/mol. The summed E-state index contributed by atoms with van der Waals surface area (Å²) in [7, 11) is 0. The predicted molar refractivity (Wildman–Crippen MR) is 152 cm³/mol. The Morgan fingerprint density at radius 2 is 0.900 bits per heavy atom. The highest BCUT2D eigenvalue weighted by atomic mass is 16.5. The van der Waals surface area contributed by atoms with Gasteiger partial charge in [-0.15, -0.1) is 0 Å². The van der Waals surface area contributed by atoms with Gasteiger partial charge in [-0.2, -0.15) is 0 Å². The van der Waals surface area contributed by atoms with E-state index in [0.717, 1.165) is 32.1 Å². The lowest BCUT2D eigenvalue weighted by molar-refractivity contribution is 0.0499. The Morgan fingerprint density at radius 3 is 1.32 bits per heavy atom. The fraction of sp³-hybridized carbons (Fsp3) is 0.250. The summed E-state index contributed by atoms with van der Waals surface area (Å²) in [6.45, 7) is 2.38. The third-order valence-electron chi connectivity index (χ3n) is 7.54. The van der Waals surface area contributed by atoms with Crippen molar-refractivity contribution in [2.75, 3.05) is 6.61 Å². The largest absolute Gasteiger partial charge is 0.478 e. The van der Waals surface area contributed by atoms with Gasteiger partial charge in [-0.25, -0.2) is 19.2 Å². The van der Waals surface area contributed by atoms with E-state index in [2.05, 4.69) is 6.92 Å². The number of carboxylic acid groups (broad SMARTS) is 3. The van der Waals surface area contributed by atoms with Gasteiger partial charge in [0.1, 0.15) is 0 Å². The second kappa shape index (κ2) is 10.8. The van der Waals surface area contributed by atoms with Crippen molar-refractivity contribution in [3.05, 3.63) is 70.8 Å². The Hall–Kier alpha value is -4.72. The zero-order valence-corrected chi connectivity index (χ0v) is 22.0. The smallest absolute Gasteiger partial charge is 0.338 e. The maximum Gasteiger partial charge on any atom is 0.338 e. The molecule has 5 aromatic carbocycles. The number of benzene rings is 5. The normalized spacial score (nSPS) is 11.5. The quantitative estimate of drug-likeness (QED) is 0.0684. The zero-order valence-electron chi connectivity index (χ0n) is 22.0. The Bertz CT molecular complexity index is 1750. The van der Waals surface area contributed by atoms with Crippen molar-refractivity contribution in [1.29, 1.82) is 0 Å². The second-order valence-corrected chi connectivity index (χ2v) is 9.96. The van der Waals surface area contributed by atoms with Crippen molar-refractivity contribution >= 4 is 67.0 Å². The molecule has 0 heterocycles. The van der Waals surface area contributed by atoms with Crippen molar-refractivity contribution < 1.29 is 39.2 Å². The Balaban J connectivity index is 1.73. The molecule has 0 amide bonds. The maximum absolute atomic E-state index is 13.2. The minimum Gasteiger partial charge on any atom is -0.478 e. The number of hydrogen-bond acceptors (Lipinski definition) is 5. The van der Waals surface area contributed by atoms with E-state index in [1.54, 1.807) is 24.3 Å². The Kier molecular flexibility index (Phi) is 7.26. The van der Waals surface area contributed by atoms with E-state index >= 15 is 0 Å². The molecule has 0 saturated carbocycles. The van der Waals surface area contributed by atoms with Crippen LogP contribution in [0.3, 0.4) is 0 Å². The number of carboxylic acids is 3. The van der Waals surface area contributed by atoms with Gasteiger partial charge in [-0.05, 0) is 63.0 Å². The molecular formula is C32H28O8. The lowest BCUT2D eigenvalue weighted by atomic mass is 9.84. The topological polar surface area (TPSA) is 138 Å². The number of unbranched alkanes of at least 4 members (excludes halogenated alkanes) is 5. The van der Waals surface area contributed by atoms with Crippen molar-refractivity contribution in [3.8, 4) is 0 Å². The van der Waals surface area contributed by atoms with Crippen LogP contribution in [0.2, 0.25) is 0 Å². The monoisotopic (exact) mass is 540 g/mol. The first kappa shape index (κ1) is 26.9. The Labute approximate surface area is 229 Å². The van der Waals surface area contributed by atoms with E-state index in [9.17, 15) is 34.5 Å². The average Bonchev–Trinajstić information content (AvgIpc) is 2.93. The summed E-state index contributed by atoms with van der Waals surface area (Å²) in [6, 6.07) is 12.2. The summed E-state index contributed by atoms with van der Waals surface area (Å²) in [4.78, 5) is 49.6. The fourth-order valence-electron chi connectivity index (χ4n) is 5.72. The molecule has 0 aliphatic rings. The fourth-order valence-corrected chi connectivity index (χ4v) is 5.72. The van der Waals surface area contributed by atoms with Crippen LogP contribution in [0.25, 0.3) is 43.1 Å². The van der Waals surface area contributed by atoms with Crippen molar-refractivity contribution in [2.45, 2.75) is 45.4 Å². The van der Waals surface area contributed by atoms with Crippen molar-refractivity contribution in [1.82, 2.24) is 0 Å². The number of esters is 1. The number of hydrogen-bond donors (Lipinski definition) is 3. The molecule has 0 unspecified atom stereocenters. The summed E-state index contributed by atoms with van der Waals surface area (Å²) < 4.78 is 5.56. The van der Waals surface area contributed by atoms with Gasteiger partial charge in [0.05, 0.1) is 28.9 Å². The molecule has 204 valence electrons. The van der Waals surface area contributed by atoms with E-state index in [1.165, 1.54) is 30.7 Å². The highest BCUT2D eigenvalue weighted by molar-refractivity contribution is 6.38. The van der Waals surface area contributed by atoms with Gasteiger partial charge >= 0.3 is 23.9 Å². The van der Waals surface area contributed by atoms with Gasteiger partial charge in [0.2, 0.25) is 0 Å². The van der Waals surface area contributed by atoms with Gasteiger partial charge in [-0.1, -0.05) is 63.3 Å². The van der Waals surface area contributed by atoms with Crippen LogP contribution < -0.4 is 0 Å². The number of carbonyl (C=O) groups excluding carboxylic acids is 1. The molecule has 0 radical (unpaired) electrons. The molecule has 3 N–H and O–H groups in total. The average molecular weight is 541 g/mol. The summed E-state index contributed by atoms with van der Waals surface area (Å²) in [6.07, 6.45) is 6.17. The van der Waals surface area contributed by atoms with Crippen molar-refractivity contribution in [3.63, 3.8) is 0 Å². The molecule has 0 spiro atoms. The first-order chi connectivity index (χ1) is 19.3. The molecule has 0 aliphatic heterocycles. The number of fused-ring (bicyclic) bond motifs is 2. The molecule has 40 heavy (non-hydrogen) atoms. The van der Waals surface area contributed by atoms with E-state index in [-0.39, 0.29) is 39.6 Å². The second-order valence-electron chi connectivity index (χ2n) is 9.96. The number of aromatic carboxylic acids is 3. The highest BCUT2D eigenvalue weighted by Gasteiger charge is 2.25. The third-order valence-corrected chi connectivity index (χ3v) is 7.54. The zero-order chi connectivity index (χ0) is 28.6. The lowest BCUT2D eigenvalue weighted by Crippen LogP contribution is -2.10. The molecule has 8 nitrogen and oxygen atoms in total. The summed E-state index contributed by atoms with van der Waals surface area (Å²) in [5.41, 5.74) is -0.214. The number of carbonyl (C=O) groups is 4. The van der Waals surface area contributed by atoms with Crippen LogP contribution in [-0.2, 0) is 4.74 Å². The molecule has 5 aromatic rings. The van der Waals surface area contributed by atoms with Crippen LogP contribution >= 0.6 is 0 Å². The van der Waals surface area contributed by atoms with Gasteiger partial charge in [0.25, 0.3) is 0 Å². The van der Waals surface area contributed by atoms with E-state index in [4.69, 9.17) is 4.74 Å². The maximum atomic E-state index is 13.2. The number of ether oxygens (including phenoxy) is 1. The third kappa shape index (κ3) is 4.45. The van der Waals surface area contributed by atoms with Crippen LogP contribution in [0.5, 0.6) is 0 Å². The Morgan fingerprint density at radius 1 is 0.525 bits per heavy atom. The minimum absolute atomic E-state index is 0.0591. The molecule has 0 aliphatic carbocycles. The highest BCUT2D eigenvalue weighted by Crippen LogP contribution is 2.44. The van der Waals surface area contributed by atoms with Gasteiger partial charge < -0.3 is 20.1 Å². The summed E-state index contributed by atoms with van der Waals surface area (Å²) in [5.74, 6) is -4.33. The standard InChI is InChI=1S/C32H28O8/c1-2-3-4-5-6-7-16-40-32(39)24-15-11-20-18-9-13-22(30(35)36)27-21(29(33)34)12-8-17(25(18)27)19-10-14-23(31(37)38)28(24)26(19)20/h8-15H,2-7,16H2,1H3,(H,33,34)(H,35,36)(H,37,38). The van der Waals surface area contributed by atoms with Crippen LogP contribution in [0.4, 0.5) is 0 Å².